The van der Waals surface area contributed by atoms with Crippen molar-refractivity contribution in [2.45, 2.75) is 51.4 Å². The second-order valence-corrected chi connectivity index (χ2v) is 16.9. The van der Waals surface area contributed by atoms with Crippen molar-refractivity contribution < 1.29 is 0 Å². The molecule has 0 aliphatic heterocycles. The normalized spacial score (nSPS) is 14.9. The van der Waals surface area contributed by atoms with Crippen LogP contribution in [0.2, 0.25) is 0 Å². The van der Waals surface area contributed by atoms with Crippen LogP contribution in [-0.4, -0.2) is 19.1 Å². The molecule has 0 spiro atoms. The number of fused-ring (bicyclic) bond motifs is 11. The lowest BCUT2D eigenvalue weighted by molar-refractivity contribution is 0.332. The molecular formula is C52H42N4. The van der Waals surface area contributed by atoms with Crippen LogP contribution in [0.25, 0.3) is 88.5 Å². The molecule has 56 heavy (non-hydrogen) atoms. The largest absolute Gasteiger partial charge is 0.307 e. The molecule has 3 aromatic heterocycles. The molecule has 3 heterocycles. The van der Waals surface area contributed by atoms with E-state index in [1.54, 1.807) is 0 Å². The summed E-state index contributed by atoms with van der Waals surface area (Å²) in [5, 5.41) is 7.44. The van der Waals surface area contributed by atoms with E-state index in [1.807, 2.05) is 0 Å². The van der Waals surface area contributed by atoms with E-state index in [0.717, 1.165) is 52.1 Å². The number of nitrogens with zero attached hydrogens (tertiary/aromatic N) is 4. The molecule has 0 amide bonds. The topological polar surface area (TPSA) is 35.6 Å². The van der Waals surface area contributed by atoms with Gasteiger partial charge in [-0.25, -0.2) is 9.97 Å². The first-order valence-electron chi connectivity index (χ1n) is 19.8. The highest BCUT2D eigenvalue weighted by molar-refractivity contribution is 6.36. The summed E-state index contributed by atoms with van der Waals surface area (Å²) in [6.07, 6.45) is 2.32. The van der Waals surface area contributed by atoms with Crippen LogP contribution in [0.4, 0.5) is 0 Å². The van der Waals surface area contributed by atoms with Gasteiger partial charge in [0.2, 0.25) is 5.95 Å². The molecule has 270 valence electrons. The maximum Gasteiger partial charge on any atom is 0.235 e. The highest BCUT2D eigenvalue weighted by Crippen LogP contribution is 2.51. The lowest BCUT2D eigenvalue weighted by Crippen LogP contribution is -2.33. The summed E-state index contributed by atoms with van der Waals surface area (Å²) in [7, 11) is 0. The predicted octanol–water partition coefficient (Wildman–Crippen LogP) is 13.5. The molecule has 7 aromatic carbocycles. The van der Waals surface area contributed by atoms with Crippen molar-refractivity contribution in [1.29, 1.82) is 0 Å². The number of hydrogen-bond donors (Lipinski definition) is 0. The van der Waals surface area contributed by atoms with Crippen LogP contribution in [-0.2, 0) is 10.8 Å². The molecule has 0 unspecified atom stereocenters. The van der Waals surface area contributed by atoms with E-state index in [-0.39, 0.29) is 10.8 Å². The second-order valence-electron chi connectivity index (χ2n) is 16.9. The van der Waals surface area contributed by atoms with Crippen LogP contribution in [0.3, 0.4) is 0 Å². The lowest BCUT2D eigenvalue weighted by Gasteiger charge is -2.42. The van der Waals surface area contributed by atoms with Gasteiger partial charge in [0.05, 0.1) is 33.5 Å². The lowest BCUT2D eigenvalue weighted by atomic mass is 9.63. The zero-order valence-corrected chi connectivity index (χ0v) is 32.2. The minimum absolute atomic E-state index is 0.0584. The standard InChI is InChI=1S/C52H42N4/c1-51(2)28-29-52(3,4)41-31-45-39(30-40(41)51)47-37-25-15-14-24-36(37)46-38-26-16-17-27-44(38)56(49(46)48(47)55(45)35-22-12-7-13-23-35)50-53-42(33-18-8-5-9-19-33)32-43(54-50)34-20-10-6-11-21-34/h5-27,30-32H,28-29H2,1-4H3. The number of aromatic nitrogens is 4. The van der Waals surface area contributed by atoms with E-state index in [4.69, 9.17) is 9.97 Å². The summed E-state index contributed by atoms with van der Waals surface area (Å²) >= 11 is 0. The Bertz CT molecular complexity index is 3110. The zero-order valence-electron chi connectivity index (χ0n) is 32.2. The van der Waals surface area contributed by atoms with Crippen LogP contribution in [0, 0.1) is 0 Å². The van der Waals surface area contributed by atoms with Crippen molar-refractivity contribution in [2.24, 2.45) is 0 Å². The molecule has 0 N–H and O–H groups in total. The van der Waals surface area contributed by atoms with E-state index >= 15 is 0 Å². The van der Waals surface area contributed by atoms with E-state index in [0.29, 0.717) is 5.95 Å². The van der Waals surface area contributed by atoms with Crippen LogP contribution < -0.4 is 0 Å². The summed E-state index contributed by atoms with van der Waals surface area (Å²) in [6.45, 7) is 9.71. The summed E-state index contributed by atoms with van der Waals surface area (Å²) < 4.78 is 4.89. The van der Waals surface area contributed by atoms with E-state index in [2.05, 4.69) is 195 Å². The van der Waals surface area contributed by atoms with Crippen molar-refractivity contribution in [3.05, 3.63) is 169 Å². The molecule has 1 aliphatic carbocycles. The fourth-order valence-electron chi connectivity index (χ4n) is 9.60. The van der Waals surface area contributed by atoms with E-state index in [9.17, 15) is 0 Å². The van der Waals surface area contributed by atoms with E-state index < -0.39 is 0 Å². The van der Waals surface area contributed by atoms with Crippen LogP contribution in [0.15, 0.2) is 158 Å². The molecule has 11 rings (SSSR count). The molecule has 4 nitrogen and oxygen atoms in total. The number of para-hydroxylation sites is 2. The molecule has 0 fully saturated rings. The third kappa shape index (κ3) is 4.78. The average Bonchev–Trinajstić information content (AvgIpc) is 3.77. The van der Waals surface area contributed by atoms with Crippen molar-refractivity contribution in [3.8, 4) is 34.2 Å². The Morgan fingerprint density at radius 1 is 0.429 bits per heavy atom. The SMILES string of the molecule is CC1(C)CCC(C)(C)c2cc3c(cc21)c1c2ccccc2c2c4ccccc4n(-c4nc(-c5ccccc5)cc(-c5ccccc5)n4)c2c1n3-c1ccccc1. The molecule has 0 radical (unpaired) electrons. The molecule has 0 atom stereocenters. The van der Waals surface area contributed by atoms with Gasteiger partial charge < -0.3 is 4.57 Å². The second kappa shape index (κ2) is 12.0. The minimum atomic E-state index is 0.0584. The number of benzene rings is 7. The summed E-state index contributed by atoms with van der Waals surface area (Å²) in [4.78, 5) is 10.9. The first kappa shape index (κ1) is 32.9. The van der Waals surface area contributed by atoms with Gasteiger partial charge in [0.25, 0.3) is 0 Å². The maximum absolute atomic E-state index is 5.46. The molecule has 10 aromatic rings. The van der Waals surface area contributed by atoms with Gasteiger partial charge in [-0.1, -0.05) is 149 Å². The van der Waals surface area contributed by atoms with Gasteiger partial charge in [0.15, 0.2) is 0 Å². The first-order valence-corrected chi connectivity index (χ1v) is 19.8. The van der Waals surface area contributed by atoms with Crippen LogP contribution in [0.1, 0.15) is 51.7 Å². The zero-order chi connectivity index (χ0) is 37.8. The molecule has 1 aliphatic rings. The molecule has 4 heteroatoms. The van der Waals surface area contributed by atoms with Gasteiger partial charge in [0, 0.05) is 38.4 Å². The quantitative estimate of drug-likeness (QED) is 0.181. The van der Waals surface area contributed by atoms with Crippen LogP contribution >= 0.6 is 0 Å². The summed E-state index contributed by atoms with van der Waals surface area (Å²) in [5.41, 5.74) is 12.6. The Labute approximate surface area is 326 Å². The van der Waals surface area contributed by atoms with Crippen LogP contribution in [0.5, 0.6) is 0 Å². The Balaban J connectivity index is 1.40. The third-order valence-electron chi connectivity index (χ3n) is 12.6. The minimum Gasteiger partial charge on any atom is -0.307 e. The molecule has 0 bridgehead atoms. The highest BCUT2D eigenvalue weighted by atomic mass is 15.2. The van der Waals surface area contributed by atoms with E-state index in [1.165, 1.54) is 54.5 Å². The van der Waals surface area contributed by atoms with Gasteiger partial charge in [0.1, 0.15) is 0 Å². The van der Waals surface area contributed by atoms with Gasteiger partial charge in [-0.15, -0.1) is 0 Å². The smallest absolute Gasteiger partial charge is 0.235 e. The number of hydrogen-bond acceptors (Lipinski definition) is 2. The Kier molecular flexibility index (Phi) is 7.04. The first-order chi connectivity index (χ1) is 27.3. The predicted molar refractivity (Wildman–Crippen MR) is 234 cm³/mol. The third-order valence-corrected chi connectivity index (χ3v) is 12.6. The summed E-state index contributed by atoms with van der Waals surface area (Å²) in [5.74, 6) is 0.652. The highest BCUT2D eigenvalue weighted by Gasteiger charge is 2.38. The fourth-order valence-corrected chi connectivity index (χ4v) is 9.60. The summed E-state index contributed by atoms with van der Waals surface area (Å²) in [6, 6.07) is 56.9. The Morgan fingerprint density at radius 3 is 1.48 bits per heavy atom. The Morgan fingerprint density at radius 2 is 0.893 bits per heavy atom. The number of rotatable bonds is 4. The maximum atomic E-state index is 5.46. The molecular weight excluding hydrogens is 681 g/mol. The van der Waals surface area contributed by atoms with Gasteiger partial charge in [-0.2, -0.15) is 0 Å². The average molecular weight is 723 g/mol. The fraction of sp³-hybridized carbons (Fsp3) is 0.154. The van der Waals surface area contributed by atoms with Gasteiger partial charge in [-0.05, 0) is 82.0 Å². The monoisotopic (exact) mass is 722 g/mol. The van der Waals surface area contributed by atoms with Crippen molar-refractivity contribution in [1.82, 2.24) is 19.1 Å². The Hall–Kier alpha value is -6.52. The van der Waals surface area contributed by atoms with Crippen molar-refractivity contribution >= 4 is 54.4 Å². The van der Waals surface area contributed by atoms with Gasteiger partial charge in [-0.3, -0.25) is 4.57 Å². The molecule has 0 saturated carbocycles. The van der Waals surface area contributed by atoms with Gasteiger partial charge >= 0.3 is 0 Å². The van der Waals surface area contributed by atoms with Crippen molar-refractivity contribution in [2.75, 3.05) is 0 Å². The van der Waals surface area contributed by atoms with Crippen molar-refractivity contribution in [3.63, 3.8) is 0 Å². The molecule has 0 saturated heterocycles.